The van der Waals surface area contributed by atoms with Gasteiger partial charge in [-0.1, -0.05) is 31.0 Å². The van der Waals surface area contributed by atoms with Crippen molar-refractivity contribution in [2.75, 3.05) is 0 Å². The number of aliphatic hydroxyl groups is 1. The maximum absolute atomic E-state index is 9.50. The smallest absolute Gasteiger partial charge is 0.138 e. The summed E-state index contributed by atoms with van der Waals surface area (Å²) < 4.78 is 5.98. The Balaban J connectivity index is 2.05. The van der Waals surface area contributed by atoms with Gasteiger partial charge in [0.15, 0.2) is 0 Å². The molecular weight excluding hydrogens is 248 g/mol. The lowest BCUT2D eigenvalue weighted by atomic mass is 9.89. The quantitative estimate of drug-likeness (QED) is 0.883. The number of aliphatic hydroxyl groups excluding tert-OH is 1. The van der Waals surface area contributed by atoms with Gasteiger partial charge in [-0.25, -0.2) is 0 Å². The molecule has 0 aliphatic heterocycles. The van der Waals surface area contributed by atoms with Crippen LogP contribution in [0.4, 0.5) is 0 Å². The van der Waals surface area contributed by atoms with Gasteiger partial charge in [0, 0.05) is 0 Å². The van der Waals surface area contributed by atoms with Crippen LogP contribution in [0.2, 0.25) is 5.02 Å². The van der Waals surface area contributed by atoms with E-state index in [1.165, 1.54) is 12.8 Å². The highest BCUT2D eigenvalue weighted by Gasteiger charge is 2.21. The standard InChI is InChI=1S/C15H21ClO2/c1-10-4-3-5-13(8-10)18-15-7-6-12(11(2)17)9-14(15)16/h6-7,9-11,13,17H,3-5,8H2,1-2H3. The minimum atomic E-state index is -0.494. The van der Waals surface area contributed by atoms with Crippen molar-refractivity contribution in [2.45, 2.75) is 51.7 Å². The summed E-state index contributed by atoms with van der Waals surface area (Å²) in [6.07, 6.45) is 4.53. The predicted molar refractivity (Wildman–Crippen MR) is 74.1 cm³/mol. The maximum atomic E-state index is 9.50. The first-order chi connectivity index (χ1) is 8.56. The summed E-state index contributed by atoms with van der Waals surface area (Å²) in [7, 11) is 0. The molecule has 18 heavy (non-hydrogen) atoms. The second-order valence-electron chi connectivity index (χ2n) is 5.38. The van der Waals surface area contributed by atoms with Crippen LogP contribution in [0.3, 0.4) is 0 Å². The van der Waals surface area contributed by atoms with Crippen molar-refractivity contribution < 1.29 is 9.84 Å². The number of hydrogen-bond acceptors (Lipinski definition) is 2. The molecule has 3 heteroatoms. The van der Waals surface area contributed by atoms with Crippen molar-refractivity contribution in [3.8, 4) is 5.75 Å². The van der Waals surface area contributed by atoms with Gasteiger partial charge < -0.3 is 9.84 Å². The molecule has 0 saturated heterocycles. The van der Waals surface area contributed by atoms with Crippen molar-refractivity contribution in [1.29, 1.82) is 0 Å². The maximum Gasteiger partial charge on any atom is 0.138 e. The summed E-state index contributed by atoms with van der Waals surface area (Å²) in [5, 5.41) is 10.1. The van der Waals surface area contributed by atoms with Crippen LogP contribution in [0.5, 0.6) is 5.75 Å². The molecule has 1 aliphatic rings. The Morgan fingerprint density at radius 1 is 1.39 bits per heavy atom. The van der Waals surface area contributed by atoms with Gasteiger partial charge in [-0.3, -0.25) is 0 Å². The van der Waals surface area contributed by atoms with Crippen LogP contribution in [-0.2, 0) is 0 Å². The molecule has 3 unspecified atom stereocenters. The monoisotopic (exact) mass is 268 g/mol. The van der Waals surface area contributed by atoms with Crippen LogP contribution in [0.25, 0.3) is 0 Å². The summed E-state index contributed by atoms with van der Waals surface area (Å²) in [6.45, 7) is 4.00. The molecule has 0 bridgehead atoms. The highest BCUT2D eigenvalue weighted by molar-refractivity contribution is 6.32. The van der Waals surface area contributed by atoms with Crippen molar-refractivity contribution in [1.82, 2.24) is 0 Å². The average molecular weight is 269 g/mol. The van der Waals surface area contributed by atoms with Gasteiger partial charge in [0.25, 0.3) is 0 Å². The van der Waals surface area contributed by atoms with Crippen LogP contribution in [0, 0.1) is 5.92 Å². The molecule has 100 valence electrons. The van der Waals surface area contributed by atoms with Gasteiger partial charge in [0.05, 0.1) is 17.2 Å². The lowest BCUT2D eigenvalue weighted by molar-refractivity contribution is 0.129. The highest BCUT2D eigenvalue weighted by Crippen LogP contribution is 2.32. The zero-order valence-electron chi connectivity index (χ0n) is 11.0. The Morgan fingerprint density at radius 2 is 2.17 bits per heavy atom. The Labute approximate surface area is 114 Å². The number of ether oxygens (including phenoxy) is 1. The van der Waals surface area contributed by atoms with Crippen LogP contribution in [0.1, 0.15) is 51.2 Å². The Bertz CT molecular complexity index is 403. The van der Waals surface area contributed by atoms with Crippen LogP contribution in [0.15, 0.2) is 18.2 Å². The Morgan fingerprint density at radius 3 is 2.78 bits per heavy atom. The van der Waals surface area contributed by atoms with E-state index in [9.17, 15) is 5.11 Å². The van der Waals surface area contributed by atoms with E-state index in [0.717, 1.165) is 30.1 Å². The van der Waals surface area contributed by atoms with E-state index < -0.39 is 6.10 Å². The minimum absolute atomic E-state index is 0.281. The molecule has 2 nitrogen and oxygen atoms in total. The van der Waals surface area contributed by atoms with Gasteiger partial charge in [0.1, 0.15) is 5.75 Å². The van der Waals surface area contributed by atoms with Gasteiger partial charge in [-0.15, -0.1) is 0 Å². The Hall–Kier alpha value is -0.730. The second kappa shape index (κ2) is 5.94. The summed E-state index contributed by atoms with van der Waals surface area (Å²) in [4.78, 5) is 0. The number of halogens is 1. The van der Waals surface area contributed by atoms with Crippen LogP contribution in [-0.4, -0.2) is 11.2 Å². The Kier molecular flexibility index (Phi) is 4.52. The van der Waals surface area contributed by atoms with Gasteiger partial charge in [0.2, 0.25) is 0 Å². The molecule has 0 aromatic heterocycles. The normalized spacial score (nSPS) is 25.8. The topological polar surface area (TPSA) is 29.5 Å². The minimum Gasteiger partial charge on any atom is -0.489 e. The van der Waals surface area contributed by atoms with E-state index in [1.54, 1.807) is 13.0 Å². The zero-order chi connectivity index (χ0) is 13.1. The van der Waals surface area contributed by atoms with Crippen molar-refractivity contribution in [2.24, 2.45) is 5.92 Å². The summed E-state index contributed by atoms with van der Waals surface area (Å²) in [5.41, 5.74) is 0.823. The summed E-state index contributed by atoms with van der Waals surface area (Å²) in [5.74, 6) is 1.47. The third kappa shape index (κ3) is 3.39. The van der Waals surface area contributed by atoms with Gasteiger partial charge >= 0.3 is 0 Å². The van der Waals surface area contributed by atoms with E-state index in [4.69, 9.17) is 16.3 Å². The van der Waals surface area contributed by atoms with Crippen molar-refractivity contribution >= 4 is 11.6 Å². The largest absolute Gasteiger partial charge is 0.489 e. The SMILES string of the molecule is CC1CCCC(Oc2ccc(C(C)O)cc2Cl)C1. The first-order valence-corrected chi connectivity index (χ1v) is 7.08. The third-order valence-electron chi connectivity index (χ3n) is 3.62. The molecule has 1 aromatic rings. The van der Waals surface area contributed by atoms with Crippen LogP contribution < -0.4 is 4.74 Å². The molecule has 1 fully saturated rings. The molecular formula is C15H21ClO2. The molecule has 2 rings (SSSR count). The molecule has 0 heterocycles. The van der Waals surface area contributed by atoms with Crippen molar-refractivity contribution in [3.63, 3.8) is 0 Å². The molecule has 1 aliphatic carbocycles. The van der Waals surface area contributed by atoms with E-state index in [1.807, 2.05) is 12.1 Å². The lowest BCUT2D eigenvalue weighted by Gasteiger charge is -2.27. The van der Waals surface area contributed by atoms with Gasteiger partial charge in [-0.05, 0) is 49.8 Å². The van der Waals surface area contributed by atoms with E-state index in [2.05, 4.69) is 6.92 Å². The predicted octanol–water partition coefficient (Wildman–Crippen LogP) is 4.35. The molecule has 1 saturated carbocycles. The van der Waals surface area contributed by atoms with Crippen molar-refractivity contribution in [3.05, 3.63) is 28.8 Å². The summed E-state index contributed by atoms with van der Waals surface area (Å²) in [6, 6.07) is 5.52. The van der Waals surface area contributed by atoms with Gasteiger partial charge in [-0.2, -0.15) is 0 Å². The fraction of sp³-hybridized carbons (Fsp3) is 0.600. The third-order valence-corrected chi connectivity index (χ3v) is 3.92. The van der Waals surface area contributed by atoms with E-state index in [-0.39, 0.29) is 6.10 Å². The molecule has 0 radical (unpaired) electrons. The average Bonchev–Trinajstić information content (AvgIpc) is 2.31. The molecule has 0 amide bonds. The zero-order valence-corrected chi connectivity index (χ0v) is 11.8. The lowest BCUT2D eigenvalue weighted by Crippen LogP contribution is -2.24. The molecule has 0 spiro atoms. The second-order valence-corrected chi connectivity index (χ2v) is 5.78. The fourth-order valence-corrected chi connectivity index (χ4v) is 2.77. The first kappa shape index (κ1) is 13.7. The highest BCUT2D eigenvalue weighted by atomic mass is 35.5. The summed E-state index contributed by atoms with van der Waals surface area (Å²) >= 11 is 6.19. The van der Waals surface area contributed by atoms with E-state index >= 15 is 0 Å². The number of rotatable bonds is 3. The number of benzene rings is 1. The number of hydrogen-bond donors (Lipinski definition) is 1. The fourth-order valence-electron chi connectivity index (χ4n) is 2.54. The molecule has 1 N–H and O–H groups in total. The van der Waals surface area contributed by atoms with E-state index in [0.29, 0.717) is 5.02 Å². The molecule has 1 aromatic carbocycles. The van der Waals surface area contributed by atoms with Crippen LogP contribution >= 0.6 is 11.6 Å². The first-order valence-electron chi connectivity index (χ1n) is 6.70. The molecule has 3 atom stereocenters.